The van der Waals surface area contributed by atoms with E-state index in [2.05, 4.69) is 24.8 Å². The number of carbonyl (C=O) groups excluding carboxylic acids is 1. The summed E-state index contributed by atoms with van der Waals surface area (Å²) in [4.78, 5) is 31.4. The van der Waals surface area contributed by atoms with Gasteiger partial charge in [0.2, 0.25) is 6.79 Å². The number of benzene rings is 1. The number of ether oxygens (including phenoxy) is 2. The second-order valence-corrected chi connectivity index (χ2v) is 12.0. The summed E-state index contributed by atoms with van der Waals surface area (Å²) in [5.41, 5.74) is 2.10. The van der Waals surface area contributed by atoms with Gasteiger partial charge in [0.15, 0.2) is 11.5 Å². The Kier molecular flexibility index (Phi) is 8.01. The summed E-state index contributed by atoms with van der Waals surface area (Å²) in [5, 5.41) is 9.92. The number of piperidine rings is 1. The van der Waals surface area contributed by atoms with Crippen molar-refractivity contribution >= 4 is 46.1 Å². The molecule has 4 heterocycles. The van der Waals surface area contributed by atoms with Gasteiger partial charge in [0.25, 0.3) is 11.5 Å². The van der Waals surface area contributed by atoms with Crippen molar-refractivity contribution in [1.82, 2.24) is 9.47 Å². The lowest BCUT2D eigenvalue weighted by Gasteiger charge is -2.35. The number of carbonyl (C=O) groups is 1. The maximum absolute atomic E-state index is 13.6. The lowest BCUT2D eigenvalue weighted by molar-refractivity contribution is -0.122. The molecule has 0 spiro atoms. The highest BCUT2D eigenvalue weighted by molar-refractivity contribution is 8.26. The van der Waals surface area contributed by atoms with E-state index in [1.807, 2.05) is 24.3 Å². The Hall–Kier alpha value is -3.29. The molecular formula is C29H32N4O4S2. The summed E-state index contributed by atoms with van der Waals surface area (Å²) in [6.45, 7) is 8.81. The third-order valence-electron chi connectivity index (χ3n) is 7.59. The highest BCUT2D eigenvalue weighted by Crippen LogP contribution is 2.38. The number of hydrogen-bond donors (Lipinski definition) is 0. The maximum atomic E-state index is 13.6. The molecule has 204 valence electrons. The summed E-state index contributed by atoms with van der Waals surface area (Å²) in [6.07, 6.45) is 5.63. The first-order chi connectivity index (χ1) is 18.8. The molecule has 0 saturated carbocycles. The van der Waals surface area contributed by atoms with E-state index in [9.17, 15) is 14.9 Å². The number of fused-ring (bicyclic) bond motifs is 1. The zero-order valence-electron chi connectivity index (χ0n) is 22.5. The molecule has 8 nitrogen and oxygen atoms in total. The van der Waals surface area contributed by atoms with Crippen LogP contribution in [0.25, 0.3) is 6.08 Å². The molecule has 3 aliphatic rings. The second kappa shape index (κ2) is 11.4. The fourth-order valence-electron chi connectivity index (χ4n) is 5.22. The van der Waals surface area contributed by atoms with Gasteiger partial charge >= 0.3 is 0 Å². The van der Waals surface area contributed by atoms with E-state index in [4.69, 9.17) is 21.7 Å². The fourth-order valence-corrected chi connectivity index (χ4v) is 6.46. The molecular weight excluding hydrogens is 532 g/mol. The van der Waals surface area contributed by atoms with Crippen LogP contribution in [0.15, 0.2) is 27.9 Å². The third-order valence-corrected chi connectivity index (χ3v) is 8.97. The van der Waals surface area contributed by atoms with E-state index in [-0.39, 0.29) is 23.8 Å². The molecule has 5 rings (SSSR count). The van der Waals surface area contributed by atoms with Crippen molar-refractivity contribution in [1.29, 1.82) is 5.26 Å². The SMILES string of the molecule is CCCCn1c(N2CCC(C)CC2)c(C=C2SC(=S)N(Cc3ccc4c(c3)OCO4)C2=O)c(C)c(C#N)c1=O. The highest BCUT2D eigenvalue weighted by Gasteiger charge is 2.34. The van der Waals surface area contributed by atoms with E-state index in [0.29, 0.717) is 45.3 Å². The minimum atomic E-state index is -0.260. The predicted molar refractivity (Wildman–Crippen MR) is 157 cm³/mol. The number of amides is 1. The second-order valence-electron chi connectivity index (χ2n) is 10.3. The molecule has 1 aromatic carbocycles. The number of hydrogen-bond acceptors (Lipinski definition) is 8. The van der Waals surface area contributed by atoms with Gasteiger partial charge in [0.1, 0.15) is 21.8 Å². The smallest absolute Gasteiger partial charge is 0.270 e. The number of rotatable bonds is 7. The number of thioether (sulfide) groups is 1. The quantitative estimate of drug-likeness (QED) is 0.335. The van der Waals surface area contributed by atoms with Crippen molar-refractivity contribution in [2.45, 2.75) is 59.5 Å². The van der Waals surface area contributed by atoms with Crippen LogP contribution in [-0.4, -0.2) is 39.6 Å². The number of nitrogens with zero attached hydrogens (tertiary/aromatic N) is 4. The molecule has 0 bridgehead atoms. The minimum Gasteiger partial charge on any atom is -0.454 e. The highest BCUT2D eigenvalue weighted by atomic mass is 32.2. The summed E-state index contributed by atoms with van der Waals surface area (Å²) in [6, 6.07) is 7.74. The van der Waals surface area contributed by atoms with E-state index in [1.165, 1.54) is 11.8 Å². The number of unbranched alkanes of at least 4 members (excludes halogenated alkanes) is 1. The van der Waals surface area contributed by atoms with Crippen LogP contribution in [0, 0.1) is 24.2 Å². The number of nitriles is 1. The van der Waals surface area contributed by atoms with Crippen LogP contribution in [0.1, 0.15) is 61.8 Å². The summed E-state index contributed by atoms with van der Waals surface area (Å²) in [7, 11) is 0. The van der Waals surface area contributed by atoms with Gasteiger partial charge in [-0.3, -0.25) is 19.1 Å². The Bertz CT molecular complexity index is 1450. The van der Waals surface area contributed by atoms with Crippen LogP contribution >= 0.6 is 24.0 Å². The zero-order chi connectivity index (χ0) is 27.7. The van der Waals surface area contributed by atoms with Crippen molar-refractivity contribution in [3.8, 4) is 17.6 Å². The Morgan fingerprint density at radius 1 is 1.21 bits per heavy atom. The Morgan fingerprint density at radius 3 is 2.67 bits per heavy atom. The summed E-state index contributed by atoms with van der Waals surface area (Å²) in [5.74, 6) is 2.57. The van der Waals surface area contributed by atoms with Crippen molar-refractivity contribution < 1.29 is 14.3 Å². The van der Waals surface area contributed by atoms with Crippen LogP contribution in [-0.2, 0) is 17.9 Å². The van der Waals surface area contributed by atoms with Gasteiger partial charge in [0, 0.05) is 25.2 Å². The van der Waals surface area contributed by atoms with Crippen LogP contribution < -0.4 is 19.9 Å². The first-order valence-electron chi connectivity index (χ1n) is 13.4. The maximum Gasteiger partial charge on any atom is 0.270 e. The fraction of sp³-hybridized carbons (Fsp3) is 0.448. The van der Waals surface area contributed by atoms with E-state index in [0.717, 1.165) is 55.7 Å². The molecule has 0 atom stereocenters. The lowest BCUT2D eigenvalue weighted by atomic mass is 9.97. The molecule has 39 heavy (non-hydrogen) atoms. The Balaban J connectivity index is 1.55. The average molecular weight is 565 g/mol. The predicted octanol–water partition coefficient (Wildman–Crippen LogP) is 5.19. The number of pyridine rings is 1. The molecule has 0 radical (unpaired) electrons. The monoisotopic (exact) mass is 564 g/mol. The van der Waals surface area contributed by atoms with Gasteiger partial charge in [0.05, 0.1) is 11.4 Å². The Morgan fingerprint density at radius 2 is 1.95 bits per heavy atom. The first-order valence-corrected chi connectivity index (χ1v) is 14.6. The molecule has 2 aromatic rings. The normalized spacial score (nSPS) is 18.4. The largest absolute Gasteiger partial charge is 0.454 e. The molecule has 0 N–H and O–H groups in total. The van der Waals surface area contributed by atoms with Crippen molar-refractivity contribution in [2.75, 3.05) is 24.8 Å². The molecule has 2 saturated heterocycles. The van der Waals surface area contributed by atoms with Crippen LogP contribution in [0.5, 0.6) is 11.5 Å². The first kappa shape index (κ1) is 27.3. The molecule has 1 amide bonds. The number of anilines is 1. The minimum absolute atomic E-state index is 0.127. The van der Waals surface area contributed by atoms with Gasteiger partial charge in [-0.05, 0) is 61.4 Å². The third kappa shape index (κ3) is 5.30. The van der Waals surface area contributed by atoms with Crippen molar-refractivity contribution in [2.24, 2.45) is 5.92 Å². The van der Waals surface area contributed by atoms with Crippen molar-refractivity contribution in [3.05, 3.63) is 55.7 Å². The summed E-state index contributed by atoms with van der Waals surface area (Å²) >= 11 is 6.87. The van der Waals surface area contributed by atoms with E-state index < -0.39 is 0 Å². The van der Waals surface area contributed by atoms with Gasteiger partial charge in [-0.2, -0.15) is 5.26 Å². The van der Waals surface area contributed by atoms with Crippen LogP contribution in [0.3, 0.4) is 0 Å². The molecule has 2 fully saturated rings. The van der Waals surface area contributed by atoms with Gasteiger partial charge < -0.3 is 14.4 Å². The van der Waals surface area contributed by atoms with Gasteiger partial charge in [-0.25, -0.2) is 0 Å². The molecule has 0 aliphatic carbocycles. The zero-order valence-corrected chi connectivity index (χ0v) is 24.1. The van der Waals surface area contributed by atoms with Crippen LogP contribution in [0.2, 0.25) is 0 Å². The summed E-state index contributed by atoms with van der Waals surface area (Å²) < 4.78 is 13.1. The Labute approximate surface area is 238 Å². The average Bonchev–Trinajstić information content (AvgIpc) is 3.50. The number of aromatic nitrogens is 1. The van der Waals surface area contributed by atoms with Gasteiger partial charge in [-0.15, -0.1) is 0 Å². The lowest BCUT2D eigenvalue weighted by Crippen LogP contribution is -2.39. The topological polar surface area (TPSA) is 87.8 Å². The van der Waals surface area contributed by atoms with Crippen molar-refractivity contribution in [3.63, 3.8) is 0 Å². The molecule has 10 heteroatoms. The number of thiocarbonyl (C=S) groups is 1. The van der Waals surface area contributed by atoms with Crippen LogP contribution in [0.4, 0.5) is 5.82 Å². The molecule has 1 aromatic heterocycles. The van der Waals surface area contributed by atoms with Gasteiger partial charge in [-0.1, -0.05) is 50.3 Å². The van der Waals surface area contributed by atoms with E-state index in [1.54, 1.807) is 16.4 Å². The molecule has 3 aliphatic heterocycles. The standard InChI is InChI=1S/C29H32N4O4S2/c1-4-5-10-32-26(31-11-8-18(2)9-12-31)21(19(3)22(15-30)27(32)34)14-25-28(35)33(29(38)39-25)16-20-6-7-23-24(13-20)37-17-36-23/h6-7,13-14,18H,4-5,8-12,16-17H2,1-3H3. The molecule has 0 unspecified atom stereocenters. The van der Waals surface area contributed by atoms with E-state index >= 15 is 0 Å².